The standard InChI is InChI=1S/C22H17N3O3/c26-18-11-17(15-7-4-9-23-12-15)21(27)19-16(13-25-20(18)19)8-10-24-22(28)14-5-2-1-3-6-14/h1-7,9,11-13,25H,8,10H2,(H,24,28). The van der Waals surface area contributed by atoms with Crippen LogP contribution < -0.4 is 5.32 Å². The second-order valence-corrected chi connectivity index (χ2v) is 6.43. The highest BCUT2D eigenvalue weighted by Crippen LogP contribution is 2.29. The van der Waals surface area contributed by atoms with Crippen molar-refractivity contribution in [2.24, 2.45) is 0 Å². The summed E-state index contributed by atoms with van der Waals surface area (Å²) in [5.74, 6) is -0.635. The van der Waals surface area contributed by atoms with Gasteiger partial charge in [-0.1, -0.05) is 24.3 Å². The van der Waals surface area contributed by atoms with Gasteiger partial charge in [0.15, 0.2) is 5.78 Å². The van der Waals surface area contributed by atoms with E-state index >= 15 is 0 Å². The van der Waals surface area contributed by atoms with Gasteiger partial charge in [-0.15, -0.1) is 0 Å². The summed E-state index contributed by atoms with van der Waals surface area (Å²) in [6.07, 6.45) is 6.62. The summed E-state index contributed by atoms with van der Waals surface area (Å²) < 4.78 is 0. The number of amides is 1. The zero-order valence-electron chi connectivity index (χ0n) is 14.9. The Morgan fingerprint density at radius 3 is 2.64 bits per heavy atom. The smallest absolute Gasteiger partial charge is 0.251 e. The fraction of sp³-hybridized carbons (Fsp3) is 0.0909. The largest absolute Gasteiger partial charge is 0.358 e. The van der Waals surface area contributed by atoms with Crippen LogP contribution in [0.4, 0.5) is 0 Å². The number of carbonyl (C=O) groups is 3. The minimum atomic E-state index is -0.243. The van der Waals surface area contributed by atoms with Crippen LogP contribution in [0.1, 0.15) is 42.3 Å². The lowest BCUT2D eigenvalue weighted by Gasteiger charge is -2.14. The maximum Gasteiger partial charge on any atom is 0.251 e. The molecule has 1 aromatic carbocycles. The van der Waals surface area contributed by atoms with E-state index in [0.29, 0.717) is 46.5 Å². The van der Waals surface area contributed by atoms with Gasteiger partial charge in [-0.2, -0.15) is 0 Å². The highest BCUT2D eigenvalue weighted by Gasteiger charge is 2.30. The van der Waals surface area contributed by atoms with Crippen molar-refractivity contribution in [2.75, 3.05) is 6.54 Å². The Balaban J connectivity index is 1.51. The molecule has 1 aliphatic carbocycles. The summed E-state index contributed by atoms with van der Waals surface area (Å²) in [4.78, 5) is 44.5. The van der Waals surface area contributed by atoms with Crippen LogP contribution in [0.5, 0.6) is 0 Å². The van der Waals surface area contributed by atoms with Crippen LogP contribution in [0.2, 0.25) is 0 Å². The molecule has 2 aromatic heterocycles. The second-order valence-electron chi connectivity index (χ2n) is 6.43. The number of hydrogen-bond donors (Lipinski definition) is 2. The van der Waals surface area contributed by atoms with Crippen molar-refractivity contribution in [2.45, 2.75) is 6.42 Å². The molecule has 0 spiro atoms. The Bertz CT molecular complexity index is 1080. The molecule has 2 N–H and O–H groups in total. The van der Waals surface area contributed by atoms with Crippen LogP contribution in [-0.4, -0.2) is 34.0 Å². The Kier molecular flexibility index (Phi) is 4.68. The first-order chi connectivity index (χ1) is 13.6. The SMILES string of the molecule is O=C(NCCc1c[nH]c2c1C(=O)C(c1cccnc1)=CC2=O)c1ccccc1. The molecule has 1 amide bonds. The predicted octanol–water partition coefficient (Wildman–Crippen LogP) is 2.84. The summed E-state index contributed by atoms with van der Waals surface area (Å²) in [5, 5.41) is 2.84. The molecule has 0 atom stereocenters. The summed E-state index contributed by atoms with van der Waals surface area (Å²) in [5.41, 5.74) is 2.89. The lowest BCUT2D eigenvalue weighted by atomic mass is 9.88. The monoisotopic (exact) mass is 371 g/mol. The summed E-state index contributed by atoms with van der Waals surface area (Å²) in [6, 6.07) is 12.4. The molecule has 0 radical (unpaired) electrons. The van der Waals surface area contributed by atoms with Crippen LogP contribution in [0.15, 0.2) is 67.1 Å². The van der Waals surface area contributed by atoms with E-state index in [1.54, 1.807) is 55.0 Å². The number of hydrogen-bond acceptors (Lipinski definition) is 4. The first-order valence-corrected chi connectivity index (χ1v) is 8.90. The van der Waals surface area contributed by atoms with Crippen LogP contribution >= 0.6 is 0 Å². The van der Waals surface area contributed by atoms with E-state index in [0.717, 1.165) is 0 Å². The van der Waals surface area contributed by atoms with Crippen molar-refractivity contribution < 1.29 is 14.4 Å². The minimum Gasteiger partial charge on any atom is -0.358 e. The third-order valence-corrected chi connectivity index (χ3v) is 4.64. The number of benzene rings is 1. The fourth-order valence-corrected chi connectivity index (χ4v) is 3.26. The Labute approximate surface area is 161 Å². The van der Waals surface area contributed by atoms with Gasteiger partial charge < -0.3 is 10.3 Å². The Morgan fingerprint density at radius 1 is 1.07 bits per heavy atom. The molecule has 0 unspecified atom stereocenters. The average molecular weight is 371 g/mol. The number of H-pyrrole nitrogens is 1. The van der Waals surface area contributed by atoms with E-state index in [-0.39, 0.29) is 17.5 Å². The van der Waals surface area contributed by atoms with Crippen LogP contribution in [0.25, 0.3) is 5.57 Å². The van der Waals surface area contributed by atoms with Crippen molar-refractivity contribution in [3.8, 4) is 0 Å². The molecule has 138 valence electrons. The van der Waals surface area contributed by atoms with E-state index in [9.17, 15) is 14.4 Å². The summed E-state index contributed by atoms with van der Waals surface area (Å²) >= 11 is 0. The molecule has 28 heavy (non-hydrogen) atoms. The first-order valence-electron chi connectivity index (χ1n) is 8.90. The Morgan fingerprint density at radius 2 is 1.89 bits per heavy atom. The number of ketones is 2. The number of rotatable bonds is 5. The molecule has 1 aliphatic rings. The molecule has 0 bridgehead atoms. The van der Waals surface area contributed by atoms with E-state index < -0.39 is 0 Å². The van der Waals surface area contributed by atoms with Gasteiger partial charge in [0.1, 0.15) is 0 Å². The van der Waals surface area contributed by atoms with Gasteiger partial charge in [-0.25, -0.2) is 0 Å². The quantitative estimate of drug-likeness (QED) is 0.721. The molecule has 4 rings (SSSR count). The fourth-order valence-electron chi connectivity index (χ4n) is 3.26. The van der Waals surface area contributed by atoms with Gasteiger partial charge in [-0.3, -0.25) is 19.4 Å². The van der Waals surface area contributed by atoms with Gasteiger partial charge in [0.05, 0.1) is 11.3 Å². The van der Waals surface area contributed by atoms with Crippen molar-refractivity contribution in [1.82, 2.24) is 15.3 Å². The lowest BCUT2D eigenvalue weighted by Crippen LogP contribution is -2.26. The number of aromatic nitrogens is 2. The second kappa shape index (κ2) is 7.44. The van der Waals surface area contributed by atoms with Crippen LogP contribution in [0, 0.1) is 0 Å². The highest BCUT2D eigenvalue weighted by atomic mass is 16.2. The maximum absolute atomic E-state index is 13.0. The molecule has 6 nitrogen and oxygen atoms in total. The van der Waals surface area contributed by atoms with E-state index in [4.69, 9.17) is 0 Å². The van der Waals surface area contributed by atoms with Gasteiger partial charge >= 0.3 is 0 Å². The molecule has 2 heterocycles. The number of nitrogens with one attached hydrogen (secondary N) is 2. The molecule has 3 aromatic rings. The zero-order valence-corrected chi connectivity index (χ0v) is 14.9. The van der Waals surface area contributed by atoms with Gasteiger partial charge in [0.25, 0.3) is 5.91 Å². The van der Waals surface area contributed by atoms with Crippen LogP contribution in [0.3, 0.4) is 0 Å². The minimum absolute atomic E-state index is 0.177. The molecule has 0 saturated carbocycles. The van der Waals surface area contributed by atoms with Crippen molar-refractivity contribution in [3.05, 3.63) is 95.1 Å². The average Bonchev–Trinajstić information content (AvgIpc) is 3.17. The van der Waals surface area contributed by atoms with Crippen LogP contribution in [-0.2, 0) is 6.42 Å². The molecule has 6 heteroatoms. The van der Waals surface area contributed by atoms with Crippen molar-refractivity contribution >= 4 is 23.0 Å². The van der Waals surface area contributed by atoms with Crippen molar-refractivity contribution in [3.63, 3.8) is 0 Å². The third-order valence-electron chi connectivity index (χ3n) is 4.64. The van der Waals surface area contributed by atoms with E-state index in [2.05, 4.69) is 15.3 Å². The topological polar surface area (TPSA) is 91.9 Å². The maximum atomic E-state index is 13.0. The molecular weight excluding hydrogens is 354 g/mol. The third kappa shape index (κ3) is 3.27. The number of nitrogens with zero attached hydrogens (tertiary/aromatic N) is 1. The zero-order chi connectivity index (χ0) is 19.5. The van der Waals surface area contributed by atoms with E-state index in [1.807, 2.05) is 6.07 Å². The molecular formula is C22H17N3O3. The predicted molar refractivity (Wildman–Crippen MR) is 104 cm³/mol. The van der Waals surface area contributed by atoms with Gasteiger partial charge in [0.2, 0.25) is 5.78 Å². The number of pyridine rings is 1. The number of aromatic amines is 1. The first kappa shape index (κ1) is 17.6. The lowest BCUT2D eigenvalue weighted by molar-refractivity contribution is 0.0953. The molecule has 0 fully saturated rings. The number of Topliss-reactive ketones (excluding diaryl/α,β-unsaturated/α-hetero) is 1. The summed E-state index contributed by atoms with van der Waals surface area (Å²) in [6.45, 7) is 0.353. The van der Waals surface area contributed by atoms with Crippen molar-refractivity contribution in [1.29, 1.82) is 0 Å². The number of allylic oxidation sites excluding steroid dienone is 2. The van der Waals surface area contributed by atoms with Gasteiger partial charge in [0, 0.05) is 41.8 Å². The van der Waals surface area contributed by atoms with E-state index in [1.165, 1.54) is 6.08 Å². The van der Waals surface area contributed by atoms with Gasteiger partial charge in [-0.05, 0) is 36.3 Å². The highest BCUT2D eigenvalue weighted by molar-refractivity contribution is 6.38. The normalized spacial score (nSPS) is 13.1. The number of carbonyl (C=O) groups excluding carboxylic acids is 3. The summed E-state index contributed by atoms with van der Waals surface area (Å²) in [7, 11) is 0. The molecule has 0 saturated heterocycles. The number of fused-ring (bicyclic) bond motifs is 1. The molecule has 0 aliphatic heterocycles. The Hall–Kier alpha value is -3.80.